The average molecular weight is 245 g/mol. The van der Waals surface area contributed by atoms with Gasteiger partial charge in [-0.15, -0.1) is 0 Å². The summed E-state index contributed by atoms with van der Waals surface area (Å²) in [6.45, 7) is 4.77. The maximum absolute atomic E-state index is 4.42. The fraction of sp³-hybridized carbons (Fsp3) is 0.667. The van der Waals surface area contributed by atoms with E-state index < -0.39 is 0 Å². The van der Waals surface area contributed by atoms with Crippen LogP contribution in [0, 0.1) is 0 Å². The van der Waals surface area contributed by atoms with Gasteiger partial charge < -0.3 is 10.2 Å². The molecule has 0 amide bonds. The quantitative estimate of drug-likeness (QED) is 0.882. The van der Waals surface area contributed by atoms with Gasteiger partial charge in [0.2, 0.25) is 0 Å². The van der Waals surface area contributed by atoms with Crippen molar-refractivity contribution >= 4 is 0 Å². The highest BCUT2D eigenvalue weighted by atomic mass is 15.2. The van der Waals surface area contributed by atoms with Gasteiger partial charge in [-0.3, -0.25) is 4.98 Å². The van der Waals surface area contributed by atoms with Gasteiger partial charge >= 0.3 is 0 Å². The van der Waals surface area contributed by atoms with E-state index >= 15 is 0 Å². The van der Waals surface area contributed by atoms with Crippen LogP contribution in [0.4, 0.5) is 0 Å². The smallest absolute Gasteiger partial charge is 0.0570 e. The molecule has 1 aromatic rings. The summed E-state index contributed by atoms with van der Waals surface area (Å²) in [5.74, 6) is 0. The zero-order chi connectivity index (χ0) is 12.4. The van der Waals surface area contributed by atoms with E-state index in [-0.39, 0.29) is 0 Å². The molecule has 1 saturated heterocycles. The molecule has 2 heterocycles. The Balaban J connectivity index is 1.48. The van der Waals surface area contributed by atoms with Crippen molar-refractivity contribution < 1.29 is 0 Å². The fourth-order valence-corrected chi connectivity index (χ4v) is 2.94. The Morgan fingerprint density at radius 3 is 2.61 bits per heavy atom. The highest BCUT2D eigenvalue weighted by molar-refractivity contribution is 5.08. The van der Waals surface area contributed by atoms with Gasteiger partial charge in [-0.25, -0.2) is 0 Å². The highest BCUT2D eigenvalue weighted by Gasteiger charge is 2.31. The van der Waals surface area contributed by atoms with Crippen LogP contribution < -0.4 is 5.32 Å². The van der Waals surface area contributed by atoms with E-state index in [2.05, 4.69) is 34.3 Å². The normalized spacial score (nSPS) is 24.1. The molecule has 0 spiro atoms. The van der Waals surface area contributed by atoms with Crippen molar-refractivity contribution in [2.75, 3.05) is 13.1 Å². The fourth-order valence-electron chi connectivity index (χ4n) is 2.94. The Morgan fingerprint density at radius 2 is 2.00 bits per heavy atom. The lowest BCUT2D eigenvalue weighted by atomic mass is 10.0. The molecule has 1 aromatic heterocycles. The van der Waals surface area contributed by atoms with E-state index in [0.29, 0.717) is 12.1 Å². The van der Waals surface area contributed by atoms with Crippen molar-refractivity contribution in [3.05, 3.63) is 30.1 Å². The first-order valence-corrected chi connectivity index (χ1v) is 7.24. The van der Waals surface area contributed by atoms with E-state index in [1.165, 1.54) is 38.8 Å². The van der Waals surface area contributed by atoms with E-state index in [0.717, 1.165) is 11.7 Å². The summed E-state index contributed by atoms with van der Waals surface area (Å²) in [5, 5.41) is 3.73. The molecule has 1 atom stereocenters. The van der Waals surface area contributed by atoms with Crippen molar-refractivity contribution in [1.82, 2.24) is 15.2 Å². The topological polar surface area (TPSA) is 28.2 Å². The zero-order valence-corrected chi connectivity index (χ0v) is 11.2. The van der Waals surface area contributed by atoms with Crippen LogP contribution in [0.15, 0.2) is 24.4 Å². The lowest BCUT2D eigenvalue weighted by Gasteiger charge is -2.33. The Kier molecular flexibility index (Phi) is 3.62. The summed E-state index contributed by atoms with van der Waals surface area (Å²) < 4.78 is 0. The molecule has 3 nitrogen and oxygen atoms in total. The van der Waals surface area contributed by atoms with Crippen molar-refractivity contribution in [3.8, 4) is 0 Å². The van der Waals surface area contributed by atoms with Crippen molar-refractivity contribution in [1.29, 1.82) is 0 Å². The van der Waals surface area contributed by atoms with E-state index in [4.69, 9.17) is 0 Å². The van der Waals surface area contributed by atoms with Crippen LogP contribution in [-0.4, -0.2) is 35.1 Å². The van der Waals surface area contributed by atoms with Gasteiger partial charge in [0, 0.05) is 24.3 Å². The average Bonchev–Trinajstić information content (AvgIpc) is 3.25. The Morgan fingerprint density at radius 1 is 1.22 bits per heavy atom. The molecule has 3 rings (SSSR count). The first-order valence-electron chi connectivity index (χ1n) is 7.24. The Labute approximate surface area is 110 Å². The minimum absolute atomic E-state index is 0.365. The van der Waals surface area contributed by atoms with Crippen LogP contribution in [0.5, 0.6) is 0 Å². The van der Waals surface area contributed by atoms with Crippen LogP contribution in [-0.2, 0) is 0 Å². The third kappa shape index (κ3) is 2.90. The van der Waals surface area contributed by atoms with Crippen molar-refractivity contribution in [3.63, 3.8) is 0 Å². The number of pyridine rings is 1. The second-order valence-electron chi connectivity index (χ2n) is 5.68. The molecule has 0 bridgehead atoms. The minimum Gasteiger partial charge on any atom is -0.306 e. The van der Waals surface area contributed by atoms with Gasteiger partial charge in [0.15, 0.2) is 0 Å². The number of likely N-dealkylation sites (tertiary alicyclic amines) is 1. The molecule has 1 aliphatic carbocycles. The summed E-state index contributed by atoms with van der Waals surface area (Å²) in [7, 11) is 0. The maximum atomic E-state index is 4.42. The molecule has 0 radical (unpaired) electrons. The summed E-state index contributed by atoms with van der Waals surface area (Å²) in [6, 6.07) is 8.11. The van der Waals surface area contributed by atoms with Crippen molar-refractivity contribution in [2.24, 2.45) is 0 Å². The minimum atomic E-state index is 0.365. The van der Waals surface area contributed by atoms with Gasteiger partial charge in [-0.1, -0.05) is 6.07 Å². The summed E-state index contributed by atoms with van der Waals surface area (Å²) in [6.07, 6.45) is 7.31. The van der Waals surface area contributed by atoms with E-state index in [1.807, 2.05) is 12.3 Å². The Hall–Kier alpha value is -0.930. The third-order valence-corrected chi connectivity index (χ3v) is 4.21. The predicted molar refractivity (Wildman–Crippen MR) is 73.4 cm³/mol. The van der Waals surface area contributed by atoms with Crippen LogP contribution in [0.1, 0.15) is 44.3 Å². The van der Waals surface area contributed by atoms with E-state index in [1.54, 1.807) is 0 Å². The van der Waals surface area contributed by atoms with Crippen LogP contribution in [0.2, 0.25) is 0 Å². The molecule has 1 N–H and O–H groups in total. The molecule has 0 aromatic carbocycles. The molecule has 3 heteroatoms. The lowest BCUT2D eigenvalue weighted by Crippen LogP contribution is -2.44. The number of rotatable bonds is 4. The van der Waals surface area contributed by atoms with Gasteiger partial charge in [0.05, 0.1) is 5.69 Å². The van der Waals surface area contributed by atoms with Crippen LogP contribution in [0.3, 0.4) is 0 Å². The number of hydrogen-bond acceptors (Lipinski definition) is 3. The molecule has 98 valence electrons. The number of nitrogens with one attached hydrogen (secondary N) is 1. The van der Waals surface area contributed by atoms with Gasteiger partial charge in [-0.05, 0) is 57.8 Å². The highest BCUT2D eigenvalue weighted by Crippen LogP contribution is 2.29. The number of piperidine rings is 1. The monoisotopic (exact) mass is 245 g/mol. The van der Waals surface area contributed by atoms with Crippen molar-refractivity contribution in [2.45, 2.75) is 50.7 Å². The zero-order valence-electron chi connectivity index (χ0n) is 11.2. The predicted octanol–water partition coefficient (Wildman–Crippen LogP) is 2.36. The molecule has 1 saturated carbocycles. The molecular weight excluding hydrogens is 222 g/mol. The summed E-state index contributed by atoms with van der Waals surface area (Å²) >= 11 is 0. The largest absolute Gasteiger partial charge is 0.306 e. The van der Waals surface area contributed by atoms with E-state index in [9.17, 15) is 0 Å². The summed E-state index contributed by atoms with van der Waals surface area (Å²) in [5.41, 5.74) is 1.15. The molecule has 1 unspecified atom stereocenters. The third-order valence-electron chi connectivity index (χ3n) is 4.21. The Bertz CT molecular complexity index is 367. The number of aromatic nitrogens is 1. The van der Waals surface area contributed by atoms with Gasteiger partial charge in [0.1, 0.15) is 0 Å². The first-order chi connectivity index (χ1) is 8.83. The molecular formula is C15H23N3. The second kappa shape index (κ2) is 5.37. The second-order valence-corrected chi connectivity index (χ2v) is 5.68. The standard InChI is InChI=1S/C15H23N3/c1-12(15-4-2-3-9-16-15)17-13-7-10-18(11-8-13)14-5-6-14/h2-4,9,12-14,17H,5-8,10-11H2,1H3. The molecule has 1 aliphatic heterocycles. The van der Waals surface area contributed by atoms with Gasteiger partial charge in [0.25, 0.3) is 0 Å². The summed E-state index contributed by atoms with van der Waals surface area (Å²) in [4.78, 5) is 7.09. The molecule has 18 heavy (non-hydrogen) atoms. The SMILES string of the molecule is CC(NC1CCN(C2CC2)CC1)c1ccccn1. The lowest BCUT2D eigenvalue weighted by molar-refractivity contribution is 0.184. The van der Waals surface area contributed by atoms with Crippen LogP contribution in [0.25, 0.3) is 0 Å². The molecule has 2 fully saturated rings. The number of hydrogen-bond donors (Lipinski definition) is 1. The first kappa shape index (κ1) is 12.1. The van der Waals surface area contributed by atoms with Gasteiger partial charge in [-0.2, -0.15) is 0 Å². The maximum Gasteiger partial charge on any atom is 0.0570 e. The molecule has 2 aliphatic rings. The van der Waals surface area contributed by atoms with Crippen LogP contribution >= 0.6 is 0 Å². The number of nitrogens with zero attached hydrogens (tertiary/aromatic N) is 2.